The van der Waals surface area contributed by atoms with Gasteiger partial charge in [0.2, 0.25) is 5.95 Å². The standard InChI is InChI=1S/C21H21ClN4O3/c22-13-4-1-3-12(11-13)16-17-14(5-2-6-15(17)27)23-19-18(16)20(28)25-21(24-19)26-7-9-29-10-8-26/h1,3-4,11,16H,2,5-10H2,(H2,23,24,25,28)/t16-/m0/s1. The van der Waals surface area contributed by atoms with Gasteiger partial charge in [-0.2, -0.15) is 4.98 Å². The first-order valence-corrected chi connectivity index (χ1v) is 10.3. The topological polar surface area (TPSA) is 87.3 Å². The highest BCUT2D eigenvalue weighted by Gasteiger charge is 2.38. The average molecular weight is 413 g/mol. The van der Waals surface area contributed by atoms with E-state index in [-0.39, 0.29) is 11.3 Å². The lowest BCUT2D eigenvalue weighted by molar-refractivity contribution is -0.116. The normalized spacial score (nSPS) is 21.5. The van der Waals surface area contributed by atoms with E-state index in [0.29, 0.717) is 60.6 Å². The largest absolute Gasteiger partial charge is 0.378 e. The Morgan fingerprint density at radius 3 is 2.79 bits per heavy atom. The Morgan fingerprint density at radius 1 is 1.17 bits per heavy atom. The maximum Gasteiger partial charge on any atom is 0.258 e. The van der Waals surface area contributed by atoms with Crippen LogP contribution in [0.1, 0.15) is 36.3 Å². The van der Waals surface area contributed by atoms with Crippen molar-refractivity contribution in [3.63, 3.8) is 0 Å². The van der Waals surface area contributed by atoms with E-state index in [9.17, 15) is 9.59 Å². The molecule has 3 heterocycles. The van der Waals surface area contributed by atoms with Crippen LogP contribution in [0.4, 0.5) is 11.8 Å². The predicted octanol–water partition coefficient (Wildman–Crippen LogP) is 2.82. The number of morpholine rings is 1. The fourth-order valence-corrected chi connectivity index (χ4v) is 4.59. The highest BCUT2D eigenvalue weighted by Crippen LogP contribution is 2.43. The van der Waals surface area contributed by atoms with Crippen LogP contribution in [0, 0.1) is 0 Å². The Morgan fingerprint density at radius 2 is 2.00 bits per heavy atom. The minimum atomic E-state index is -0.470. The minimum absolute atomic E-state index is 0.0750. The maximum atomic E-state index is 13.2. The van der Waals surface area contributed by atoms with Gasteiger partial charge < -0.3 is 15.0 Å². The van der Waals surface area contributed by atoms with Gasteiger partial charge in [0.05, 0.1) is 18.8 Å². The van der Waals surface area contributed by atoms with Crippen LogP contribution >= 0.6 is 11.6 Å². The van der Waals surface area contributed by atoms with Crippen LogP contribution in [-0.2, 0) is 9.53 Å². The molecule has 3 aliphatic rings. The van der Waals surface area contributed by atoms with Crippen LogP contribution < -0.4 is 15.8 Å². The molecule has 1 fully saturated rings. The van der Waals surface area contributed by atoms with E-state index >= 15 is 0 Å². The van der Waals surface area contributed by atoms with Crippen LogP contribution in [0.15, 0.2) is 40.3 Å². The lowest BCUT2D eigenvalue weighted by atomic mass is 9.76. The van der Waals surface area contributed by atoms with E-state index in [1.54, 1.807) is 6.07 Å². The van der Waals surface area contributed by atoms with Gasteiger partial charge in [0.25, 0.3) is 5.56 Å². The average Bonchev–Trinajstić information content (AvgIpc) is 2.73. The highest BCUT2D eigenvalue weighted by molar-refractivity contribution is 6.30. The number of nitrogens with one attached hydrogen (secondary N) is 2. The summed E-state index contributed by atoms with van der Waals surface area (Å²) in [7, 11) is 0. The monoisotopic (exact) mass is 412 g/mol. The number of benzene rings is 1. The molecule has 29 heavy (non-hydrogen) atoms. The van der Waals surface area contributed by atoms with E-state index in [1.807, 2.05) is 23.1 Å². The molecular formula is C21H21ClN4O3. The predicted molar refractivity (Wildman–Crippen MR) is 111 cm³/mol. The molecule has 1 aromatic heterocycles. The molecular weight excluding hydrogens is 392 g/mol. The van der Waals surface area contributed by atoms with Crippen molar-refractivity contribution in [3.05, 3.63) is 62.0 Å². The molecule has 0 bridgehead atoms. The van der Waals surface area contributed by atoms with Crippen LogP contribution in [0.25, 0.3) is 0 Å². The lowest BCUT2D eigenvalue weighted by Crippen LogP contribution is -2.40. The van der Waals surface area contributed by atoms with Gasteiger partial charge in [-0.3, -0.25) is 14.6 Å². The fraction of sp³-hybridized carbons (Fsp3) is 0.381. The number of carbonyl (C=O) groups excluding carboxylic acids is 1. The molecule has 1 saturated heterocycles. The van der Waals surface area contributed by atoms with Crippen molar-refractivity contribution in [1.82, 2.24) is 9.97 Å². The number of H-pyrrole nitrogens is 1. The van der Waals surface area contributed by atoms with E-state index in [2.05, 4.69) is 10.3 Å². The fourth-order valence-electron chi connectivity index (χ4n) is 4.39. The molecule has 0 saturated carbocycles. The second-order valence-electron chi connectivity index (χ2n) is 7.53. The van der Waals surface area contributed by atoms with Gasteiger partial charge >= 0.3 is 0 Å². The number of anilines is 2. The second-order valence-corrected chi connectivity index (χ2v) is 7.97. The number of nitrogens with zero attached hydrogens (tertiary/aromatic N) is 2. The zero-order valence-electron chi connectivity index (χ0n) is 15.8. The van der Waals surface area contributed by atoms with E-state index in [0.717, 1.165) is 24.1 Å². The van der Waals surface area contributed by atoms with Crippen LogP contribution in [-0.4, -0.2) is 42.1 Å². The third-order valence-corrected chi connectivity index (χ3v) is 5.97. The molecule has 2 aromatic rings. The van der Waals surface area contributed by atoms with E-state index < -0.39 is 5.92 Å². The Kier molecular flexibility index (Phi) is 4.64. The number of fused-ring (bicyclic) bond motifs is 1. The summed E-state index contributed by atoms with van der Waals surface area (Å²) in [6.07, 6.45) is 2.05. The van der Waals surface area contributed by atoms with Crippen LogP contribution in [0.5, 0.6) is 0 Å². The van der Waals surface area contributed by atoms with Gasteiger partial charge in [-0.05, 0) is 30.5 Å². The summed E-state index contributed by atoms with van der Waals surface area (Å²) >= 11 is 6.23. The molecule has 0 radical (unpaired) electrons. The van der Waals surface area contributed by atoms with Gasteiger partial charge in [0, 0.05) is 41.7 Å². The Labute approximate surface area is 172 Å². The number of halogens is 1. The first kappa shape index (κ1) is 18.4. The Bertz CT molecular complexity index is 1070. The Hall–Kier alpha value is -2.64. The number of aromatic nitrogens is 2. The third kappa shape index (κ3) is 3.24. The zero-order chi connectivity index (χ0) is 20.0. The summed E-state index contributed by atoms with van der Waals surface area (Å²) in [6, 6.07) is 7.36. The molecule has 1 atom stereocenters. The zero-order valence-corrected chi connectivity index (χ0v) is 16.6. The Balaban J connectivity index is 1.68. The molecule has 2 N–H and O–H groups in total. The third-order valence-electron chi connectivity index (χ3n) is 5.74. The first-order chi connectivity index (χ1) is 14.1. The van der Waals surface area contributed by atoms with Gasteiger partial charge in [0.1, 0.15) is 5.82 Å². The van der Waals surface area contributed by atoms with Crippen molar-refractivity contribution in [2.75, 3.05) is 36.5 Å². The molecule has 1 aromatic carbocycles. The van der Waals surface area contributed by atoms with Gasteiger partial charge in [0.15, 0.2) is 5.78 Å². The van der Waals surface area contributed by atoms with Crippen molar-refractivity contribution in [3.8, 4) is 0 Å². The minimum Gasteiger partial charge on any atom is -0.378 e. The first-order valence-electron chi connectivity index (χ1n) is 9.87. The van der Waals surface area contributed by atoms with E-state index in [1.165, 1.54) is 0 Å². The number of carbonyl (C=O) groups is 1. The molecule has 7 nitrogen and oxygen atoms in total. The van der Waals surface area contributed by atoms with Crippen molar-refractivity contribution >= 4 is 29.2 Å². The van der Waals surface area contributed by atoms with Crippen LogP contribution in [0.2, 0.25) is 5.02 Å². The molecule has 150 valence electrons. The molecule has 2 aliphatic heterocycles. The number of Topliss-reactive ketones (excluding diaryl/α,β-unsaturated/α-hetero) is 1. The van der Waals surface area contributed by atoms with Gasteiger partial charge in [-0.25, -0.2) is 0 Å². The summed E-state index contributed by atoms with van der Waals surface area (Å²) in [5, 5.41) is 3.87. The lowest BCUT2D eigenvalue weighted by Gasteiger charge is -2.34. The summed E-state index contributed by atoms with van der Waals surface area (Å²) in [6.45, 7) is 2.55. The maximum absolute atomic E-state index is 13.2. The van der Waals surface area contributed by atoms with Crippen molar-refractivity contribution < 1.29 is 9.53 Å². The number of allylic oxidation sites excluding steroid dienone is 2. The SMILES string of the molecule is O=C1CCCC2=C1[C@H](c1cccc(Cl)c1)c1c(nc(N3CCOCC3)[nH]c1=O)N2. The van der Waals surface area contributed by atoms with Gasteiger partial charge in [-0.1, -0.05) is 23.7 Å². The van der Waals surface area contributed by atoms with Crippen molar-refractivity contribution in [1.29, 1.82) is 0 Å². The molecule has 0 spiro atoms. The smallest absolute Gasteiger partial charge is 0.258 e. The van der Waals surface area contributed by atoms with E-state index in [4.69, 9.17) is 21.3 Å². The van der Waals surface area contributed by atoms with Gasteiger partial charge in [-0.15, -0.1) is 0 Å². The number of hydrogen-bond acceptors (Lipinski definition) is 6. The van der Waals surface area contributed by atoms with Crippen LogP contribution in [0.3, 0.4) is 0 Å². The summed E-state index contributed by atoms with van der Waals surface area (Å²) in [4.78, 5) is 35.7. The highest BCUT2D eigenvalue weighted by atomic mass is 35.5. The second kappa shape index (κ2) is 7.31. The number of ether oxygens (including phenoxy) is 1. The number of ketones is 1. The van der Waals surface area contributed by atoms with Crippen molar-refractivity contribution in [2.45, 2.75) is 25.2 Å². The number of rotatable bonds is 2. The van der Waals surface area contributed by atoms with Crippen molar-refractivity contribution in [2.24, 2.45) is 0 Å². The molecule has 0 unspecified atom stereocenters. The number of hydrogen-bond donors (Lipinski definition) is 2. The number of aromatic amines is 1. The molecule has 1 aliphatic carbocycles. The summed E-state index contributed by atoms with van der Waals surface area (Å²) in [5.41, 5.74) is 2.59. The summed E-state index contributed by atoms with van der Waals surface area (Å²) < 4.78 is 5.40. The quantitative estimate of drug-likeness (QED) is 0.788. The molecule has 8 heteroatoms. The molecule has 0 amide bonds. The molecule has 5 rings (SSSR count). The summed E-state index contributed by atoms with van der Waals surface area (Å²) in [5.74, 6) is 0.656.